The van der Waals surface area contributed by atoms with E-state index in [1.807, 2.05) is 30.3 Å². The van der Waals surface area contributed by atoms with Crippen LogP contribution in [0.3, 0.4) is 0 Å². The first-order valence-corrected chi connectivity index (χ1v) is 12.1. The van der Waals surface area contributed by atoms with Crippen LogP contribution in [0.25, 0.3) is 0 Å². The summed E-state index contributed by atoms with van der Waals surface area (Å²) < 4.78 is 6.22. The van der Waals surface area contributed by atoms with Crippen LogP contribution in [0.1, 0.15) is 57.8 Å². The molecule has 3 N–H and O–H groups in total. The number of nitrogens with two attached hydrogens (primary N) is 1. The van der Waals surface area contributed by atoms with E-state index in [1.54, 1.807) is 0 Å². The van der Waals surface area contributed by atoms with Crippen molar-refractivity contribution in [3.8, 4) is 5.75 Å². The summed E-state index contributed by atoms with van der Waals surface area (Å²) in [7, 11) is 0. The Kier molecular flexibility index (Phi) is 4.48. The number of piperidine rings is 1. The van der Waals surface area contributed by atoms with Gasteiger partial charge in [-0.3, -0.25) is 4.79 Å². The predicted octanol–water partition coefficient (Wildman–Crippen LogP) is 3.45. The minimum Gasteiger partial charge on any atom is -0.490 e. The molecule has 4 saturated carbocycles. The second-order valence-corrected chi connectivity index (χ2v) is 10.9. The molecule has 5 atom stereocenters. The molecule has 0 aromatic heterocycles. The van der Waals surface area contributed by atoms with Gasteiger partial charge in [0.2, 0.25) is 5.91 Å². The molecule has 3 amide bonds. The Balaban J connectivity index is 1.12. The number of urea groups is 1. The molecule has 6 fully saturated rings. The van der Waals surface area contributed by atoms with Gasteiger partial charge in [0.15, 0.2) is 0 Å². The zero-order valence-corrected chi connectivity index (χ0v) is 18.0. The highest BCUT2D eigenvalue weighted by atomic mass is 16.5. The lowest BCUT2D eigenvalue weighted by Gasteiger charge is -2.59. The van der Waals surface area contributed by atoms with Crippen molar-refractivity contribution in [2.75, 3.05) is 0 Å². The highest BCUT2D eigenvalue weighted by Crippen LogP contribution is 2.60. The average molecular weight is 424 g/mol. The number of amides is 3. The van der Waals surface area contributed by atoms with E-state index in [1.165, 1.54) is 0 Å². The molecule has 6 aliphatic rings. The van der Waals surface area contributed by atoms with Gasteiger partial charge in [0.05, 0.1) is 0 Å². The third kappa shape index (κ3) is 3.21. The van der Waals surface area contributed by atoms with E-state index < -0.39 is 0 Å². The molecule has 6 bridgehead atoms. The minimum atomic E-state index is -0.302. The summed E-state index contributed by atoms with van der Waals surface area (Å²) >= 11 is 0. The van der Waals surface area contributed by atoms with E-state index in [0.717, 1.165) is 63.5 Å². The van der Waals surface area contributed by atoms with Gasteiger partial charge < -0.3 is 20.7 Å². The monoisotopic (exact) mass is 423 g/mol. The number of primary amides is 1. The molecule has 31 heavy (non-hydrogen) atoms. The Hall–Kier alpha value is -2.24. The van der Waals surface area contributed by atoms with Crippen LogP contribution in [0.2, 0.25) is 0 Å². The molecule has 7 rings (SSSR count). The van der Waals surface area contributed by atoms with Gasteiger partial charge in [0.25, 0.3) is 0 Å². The van der Waals surface area contributed by atoms with Gasteiger partial charge >= 0.3 is 6.03 Å². The van der Waals surface area contributed by atoms with Crippen molar-refractivity contribution in [3.05, 3.63) is 30.3 Å². The summed E-state index contributed by atoms with van der Waals surface area (Å²) in [5.74, 6) is 2.22. The second-order valence-electron chi connectivity index (χ2n) is 10.9. The molecule has 2 saturated heterocycles. The first-order valence-electron chi connectivity index (χ1n) is 12.1. The number of benzene rings is 1. The lowest BCUT2D eigenvalue weighted by atomic mass is 9.47. The number of carbonyl (C=O) groups excluding carboxylic acids is 2. The summed E-state index contributed by atoms with van der Waals surface area (Å²) in [6.07, 6.45) is 9.09. The zero-order chi connectivity index (χ0) is 21.2. The Morgan fingerprint density at radius 2 is 1.61 bits per heavy atom. The normalized spacial score (nSPS) is 42.5. The minimum absolute atomic E-state index is 0.108. The molecule has 4 aliphatic carbocycles. The van der Waals surface area contributed by atoms with Crippen molar-refractivity contribution < 1.29 is 14.3 Å². The van der Waals surface area contributed by atoms with Gasteiger partial charge in [-0.1, -0.05) is 18.2 Å². The third-order valence-electron chi connectivity index (χ3n) is 9.06. The van der Waals surface area contributed by atoms with Crippen molar-refractivity contribution in [2.45, 2.75) is 82.0 Å². The van der Waals surface area contributed by atoms with Gasteiger partial charge in [-0.05, 0) is 74.8 Å². The Labute approximate surface area is 183 Å². The van der Waals surface area contributed by atoms with Crippen LogP contribution in [-0.4, -0.2) is 41.1 Å². The Bertz CT molecular complexity index is 844. The van der Waals surface area contributed by atoms with Gasteiger partial charge in [0, 0.05) is 36.4 Å². The molecule has 166 valence electrons. The van der Waals surface area contributed by atoms with Crippen LogP contribution in [-0.2, 0) is 4.79 Å². The maximum absolute atomic E-state index is 13.4. The van der Waals surface area contributed by atoms with Gasteiger partial charge in [-0.15, -0.1) is 0 Å². The number of hydrogen-bond acceptors (Lipinski definition) is 3. The van der Waals surface area contributed by atoms with E-state index in [0.29, 0.717) is 17.8 Å². The summed E-state index contributed by atoms with van der Waals surface area (Å²) in [4.78, 5) is 27.7. The van der Waals surface area contributed by atoms with Gasteiger partial charge in [-0.2, -0.15) is 0 Å². The summed E-state index contributed by atoms with van der Waals surface area (Å²) in [6, 6.07) is 10.9. The topological polar surface area (TPSA) is 84.7 Å². The average Bonchev–Trinajstić information content (AvgIpc) is 3.01. The Morgan fingerprint density at radius 3 is 2.23 bits per heavy atom. The van der Waals surface area contributed by atoms with Crippen molar-refractivity contribution in [3.63, 3.8) is 0 Å². The highest BCUT2D eigenvalue weighted by Gasteiger charge is 2.58. The molecule has 2 heterocycles. The Morgan fingerprint density at radius 1 is 0.968 bits per heavy atom. The highest BCUT2D eigenvalue weighted by molar-refractivity contribution is 5.81. The van der Waals surface area contributed by atoms with Crippen molar-refractivity contribution >= 4 is 11.9 Å². The standard InChI is InChI=1S/C25H33N3O3/c26-23(29)25-12-15-8-16(13-25)22(17(9-15)14-25)27-24(30)28-18-6-7-19(28)11-21(10-18)31-20-4-2-1-3-5-20/h1-5,15-19,21-22H,6-14H2,(H2,26,29)(H,27,30)/t15-,16?,17?,18-,19+,21+,22-,25-. The van der Waals surface area contributed by atoms with E-state index in [4.69, 9.17) is 10.5 Å². The number of nitrogens with one attached hydrogen (secondary N) is 1. The largest absolute Gasteiger partial charge is 0.490 e. The van der Waals surface area contributed by atoms with Gasteiger partial charge in [0.1, 0.15) is 11.9 Å². The molecular formula is C25H33N3O3. The first-order chi connectivity index (χ1) is 15.0. The quantitative estimate of drug-likeness (QED) is 0.778. The maximum atomic E-state index is 13.4. The number of rotatable bonds is 4. The third-order valence-corrected chi connectivity index (χ3v) is 9.06. The summed E-state index contributed by atoms with van der Waals surface area (Å²) in [5.41, 5.74) is 5.52. The first kappa shape index (κ1) is 19.4. The lowest BCUT2D eigenvalue weighted by molar-refractivity contribution is -0.145. The van der Waals surface area contributed by atoms with Crippen molar-refractivity contribution in [1.29, 1.82) is 0 Å². The van der Waals surface area contributed by atoms with Crippen LogP contribution < -0.4 is 15.8 Å². The van der Waals surface area contributed by atoms with E-state index in [2.05, 4.69) is 10.2 Å². The second kappa shape index (κ2) is 7.14. The fourth-order valence-electron chi connectivity index (χ4n) is 8.03. The lowest BCUT2D eigenvalue weighted by Crippen LogP contribution is -2.64. The number of carbonyl (C=O) groups is 2. The molecule has 2 unspecified atom stereocenters. The van der Waals surface area contributed by atoms with E-state index in [9.17, 15) is 9.59 Å². The predicted molar refractivity (Wildman–Crippen MR) is 116 cm³/mol. The number of fused-ring (bicyclic) bond motifs is 2. The fraction of sp³-hybridized carbons (Fsp3) is 0.680. The molecule has 0 spiro atoms. The van der Waals surface area contributed by atoms with Crippen LogP contribution in [0.4, 0.5) is 4.79 Å². The van der Waals surface area contributed by atoms with Crippen LogP contribution >= 0.6 is 0 Å². The van der Waals surface area contributed by atoms with Crippen LogP contribution in [0.15, 0.2) is 30.3 Å². The smallest absolute Gasteiger partial charge is 0.318 e. The van der Waals surface area contributed by atoms with Crippen LogP contribution in [0, 0.1) is 23.2 Å². The molecule has 1 aromatic carbocycles. The number of hydrogen-bond donors (Lipinski definition) is 2. The molecular weight excluding hydrogens is 390 g/mol. The van der Waals surface area contributed by atoms with Crippen LogP contribution in [0.5, 0.6) is 5.75 Å². The van der Waals surface area contributed by atoms with Crippen molar-refractivity contribution in [1.82, 2.24) is 10.2 Å². The van der Waals surface area contributed by atoms with Crippen molar-refractivity contribution in [2.24, 2.45) is 28.9 Å². The molecule has 1 aromatic rings. The summed E-state index contributed by atoms with van der Waals surface area (Å²) in [5, 5.41) is 3.45. The zero-order valence-electron chi connectivity index (χ0n) is 18.0. The summed E-state index contributed by atoms with van der Waals surface area (Å²) in [6.45, 7) is 0. The molecule has 0 radical (unpaired) electrons. The maximum Gasteiger partial charge on any atom is 0.318 e. The molecule has 6 heteroatoms. The number of nitrogens with zero attached hydrogens (tertiary/aromatic N) is 1. The number of ether oxygens (including phenoxy) is 1. The molecule has 6 nitrogen and oxygen atoms in total. The number of para-hydroxylation sites is 1. The SMILES string of the molecule is NC(=O)[C@]12CC3C[C@H](CC(C1)[C@@H]3NC(=O)N1[C@@H]3CC[C@H]1C[C@@H](Oc1ccccc1)C3)C2. The van der Waals surface area contributed by atoms with E-state index >= 15 is 0 Å². The van der Waals surface area contributed by atoms with Gasteiger partial charge in [-0.25, -0.2) is 4.79 Å². The van der Waals surface area contributed by atoms with E-state index in [-0.39, 0.29) is 41.6 Å². The fourth-order valence-corrected chi connectivity index (χ4v) is 8.03. The molecule has 2 aliphatic heterocycles.